The van der Waals surface area contributed by atoms with Gasteiger partial charge in [-0.2, -0.15) is 5.10 Å². The molecule has 0 amide bonds. The molecule has 0 saturated carbocycles. The van der Waals surface area contributed by atoms with Gasteiger partial charge in [0, 0.05) is 54.1 Å². The molecule has 2 N–H and O–H groups in total. The highest BCUT2D eigenvalue weighted by molar-refractivity contribution is 5.82. The van der Waals surface area contributed by atoms with E-state index in [2.05, 4.69) is 25.1 Å². The number of methoxy groups -OCH3 is 2. The van der Waals surface area contributed by atoms with Gasteiger partial charge in [0.15, 0.2) is 0 Å². The lowest BCUT2D eigenvalue weighted by molar-refractivity contribution is 0.394. The second kappa shape index (κ2) is 8.38. The number of anilines is 2. The van der Waals surface area contributed by atoms with Crippen molar-refractivity contribution in [2.75, 3.05) is 19.1 Å². The predicted octanol–water partition coefficient (Wildman–Crippen LogP) is 4.10. The molecule has 160 valence electrons. The molecule has 0 atom stereocenters. The highest BCUT2D eigenvalue weighted by Crippen LogP contribution is 2.34. The van der Waals surface area contributed by atoms with E-state index in [1.807, 2.05) is 53.7 Å². The molecule has 0 bridgehead atoms. The van der Waals surface area contributed by atoms with Crippen molar-refractivity contribution in [3.05, 3.63) is 73.2 Å². The van der Waals surface area contributed by atoms with E-state index in [1.165, 1.54) is 0 Å². The van der Waals surface area contributed by atoms with Crippen LogP contribution in [0.15, 0.2) is 67.4 Å². The van der Waals surface area contributed by atoms with Crippen LogP contribution in [-0.2, 0) is 6.54 Å². The minimum atomic E-state index is 0.483. The van der Waals surface area contributed by atoms with Gasteiger partial charge in [-0.3, -0.25) is 10.1 Å². The molecule has 9 nitrogen and oxygen atoms in total. The van der Waals surface area contributed by atoms with Crippen molar-refractivity contribution in [1.82, 2.24) is 30.1 Å². The molecule has 4 heterocycles. The van der Waals surface area contributed by atoms with E-state index < -0.39 is 0 Å². The van der Waals surface area contributed by atoms with Crippen molar-refractivity contribution < 1.29 is 9.47 Å². The van der Waals surface area contributed by atoms with Crippen LogP contribution in [0.4, 0.5) is 11.5 Å². The van der Waals surface area contributed by atoms with Crippen molar-refractivity contribution in [3.8, 4) is 22.6 Å². The van der Waals surface area contributed by atoms with Gasteiger partial charge in [0.25, 0.3) is 0 Å². The summed E-state index contributed by atoms with van der Waals surface area (Å²) < 4.78 is 11.0. The lowest BCUT2D eigenvalue weighted by atomic mass is 10.1. The standard InChI is InChI=1S/C23H21N7O2/c1-31-18-8-17(9-19(10-18)32-2)30(14-22-24-5-6-25-22)23-4-3-20-21(29-23)7-15(11-26-20)16-12-27-28-13-16/h3-13H,14H2,1-2H3,(H,24,25)(H,27,28). The zero-order chi connectivity index (χ0) is 21.9. The van der Waals surface area contributed by atoms with Crippen molar-refractivity contribution in [2.45, 2.75) is 6.54 Å². The lowest BCUT2D eigenvalue weighted by Crippen LogP contribution is -2.19. The SMILES string of the molecule is COc1cc(OC)cc(N(Cc2ncc[nH]2)c2ccc3ncc(-c4cn[nH]c4)cc3n2)c1. The van der Waals surface area contributed by atoms with Gasteiger partial charge in [-0.1, -0.05) is 0 Å². The Morgan fingerprint density at radius 1 is 0.906 bits per heavy atom. The molecule has 0 radical (unpaired) electrons. The highest BCUT2D eigenvalue weighted by atomic mass is 16.5. The van der Waals surface area contributed by atoms with Gasteiger partial charge in [0.05, 0.1) is 43.7 Å². The first-order chi connectivity index (χ1) is 15.7. The Balaban J connectivity index is 1.62. The largest absolute Gasteiger partial charge is 0.497 e. The Kier molecular flexibility index (Phi) is 5.12. The number of fused-ring (bicyclic) bond motifs is 1. The first kappa shape index (κ1) is 19.6. The predicted molar refractivity (Wildman–Crippen MR) is 121 cm³/mol. The van der Waals surface area contributed by atoms with E-state index in [0.717, 1.165) is 39.5 Å². The molecule has 0 saturated heterocycles. The summed E-state index contributed by atoms with van der Waals surface area (Å²) in [6.07, 6.45) is 8.95. The third kappa shape index (κ3) is 3.83. The fourth-order valence-electron chi connectivity index (χ4n) is 3.50. The number of aromatic amines is 2. The monoisotopic (exact) mass is 427 g/mol. The number of hydrogen-bond acceptors (Lipinski definition) is 7. The maximum atomic E-state index is 5.48. The Bertz CT molecular complexity index is 1310. The molecule has 32 heavy (non-hydrogen) atoms. The number of benzene rings is 1. The van der Waals surface area contributed by atoms with Crippen LogP contribution in [0.5, 0.6) is 11.5 Å². The Morgan fingerprint density at radius 2 is 1.75 bits per heavy atom. The van der Waals surface area contributed by atoms with Crippen LogP contribution in [0.25, 0.3) is 22.2 Å². The fraction of sp³-hybridized carbons (Fsp3) is 0.130. The number of nitrogens with zero attached hydrogens (tertiary/aromatic N) is 5. The maximum absolute atomic E-state index is 5.48. The van der Waals surface area contributed by atoms with E-state index in [-0.39, 0.29) is 0 Å². The van der Waals surface area contributed by atoms with Gasteiger partial charge in [0.2, 0.25) is 0 Å². The van der Waals surface area contributed by atoms with E-state index >= 15 is 0 Å². The van der Waals surface area contributed by atoms with Crippen molar-refractivity contribution >= 4 is 22.5 Å². The van der Waals surface area contributed by atoms with E-state index in [1.54, 1.807) is 32.8 Å². The van der Waals surface area contributed by atoms with Crippen LogP contribution in [-0.4, -0.2) is 44.4 Å². The quantitative estimate of drug-likeness (QED) is 0.403. The number of hydrogen-bond donors (Lipinski definition) is 2. The Hall–Kier alpha value is -4.40. The second-order valence-corrected chi connectivity index (χ2v) is 7.11. The maximum Gasteiger partial charge on any atom is 0.134 e. The summed E-state index contributed by atoms with van der Waals surface area (Å²) in [5, 5.41) is 6.86. The van der Waals surface area contributed by atoms with E-state index in [9.17, 15) is 0 Å². The molecule has 5 aromatic rings. The molecule has 1 aromatic carbocycles. The summed E-state index contributed by atoms with van der Waals surface area (Å²) in [6.45, 7) is 0.483. The number of nitrogens with one attached hydrogen (secondary N) is 2. The fourth-order valence-corrected chi connectivity index (χ4v) is 3.50. The van der Waals surface area contributed by atoms with Crippen LogP contribution >= 0.6 is 0 Å². The minimum absolute atomic E-state index is 0.483. The molecular formula is C23H21N7O2. The van der Waals surface area contributed by atoms with Gasteiger partial charge in [-0.25, -0.2) is 9.97 Å². The number of ether oxygens (including phenoxy) is 2. The Morgan fingerprint density at radius 3 is 2.44 bits per heavy atom. The number of rotatable bonds is 7. The summed E-state index contributed by atoms with van der Waals surface area (Å²) in [4.78, 5) is 19.1. The number of pyridine rings is 2. The summed E-state index contributed by atoms with van der Waals surface area (Å²) >= 11 is 0. The molecule has 0 aliphatic rings. The van der Waals surface area contributed by atoms with Crippen LogP contribution in [0.1, 0.15) is 5.82 Å². The van der Waals surface area contributed by atoms with Gasteiger partial charge in [-0.15, -0.1) is 0 Å². The van der Waals surface area contributed by atoms with E-state index in [0.29, 0.717) is 18.0 Å². The first-order valence-electron chi connectivity index (χ1n) is 9.98. The summed E-state index contributed by atoms with van der Waals surface area (Å²) in [5.74, 6) is 2.93. The average molecular weight is 427 g/mol. The average Bonchev–Trinajstić information content (AvgIpc) is 3.56. The zero-order valence-corrected chi connectivity index (χ0v) is 17.6. The Labute approximate surface area is 184 Å². The summed E-state index contributed by atoms with van der Waals surface area (Å²) in [6, 6.07) is 11.6. The minimum Gasteiger partial charge on any atom is -0.497 e. The van der Waals surface area contributed by atoms with Crippen LogP contribution in [0, 0.1) is 0 Å². The molecule has 0 unspecified atom stereocenters. The van der Waals surface area contributed by atoms with E-state index in [4.69, 9.17) is 14.5 Å². The number of aromatic nitrogens is 6. The smallest absolute Gasteiger partial charge is 0.134 e. The van der Waals surface area contributed by atoms with Gasteiger partial charge in [0.1, 0.15) is 23.1 Å². The topological polar surface area (TPSA) is 105 Å². The molecule has 0 spiro atoms. The van der Waals surface area contributed by atoms with Crippen LogP contribution in [0.2, 0.25) is 0 Å². The summed E-state index contributed by atoms with van der Waals surface area (Å²) in [7, 11) is 3.26. The van der Waals surface area contributed by atoms with Crippen molar-refractivity contribution in [1.29, 1.82) is 0 Å². The van der Waals surface area contributed by atoms with Gasteiger partial charge < -0.3 is 19.4 Å². The molecule has 5 rings (SSSR count). The second-order valence-electron chi connectivity index (χ2n) is 7.11. The lowest BCUT2D eigenvalue weighted by Gasteiger charge is -2.24. The molecular weight excluding hydrogens is 406 g/mol. The molecule has 0 fully saturated rings. The zero-order valence-electron chi connectivity index (χ0n) is 17.6. The molecule has 0 aliphatic carbocycles. The van der Waals surface area contributed by atoms with Crippen molar-refractivity contribution in [2.24, 2.45) is 0 Å². The number of imidazole rings is 1. The van der Waals surface area contributed by atoms with Crippen molar-refractivity contribution in [3.63, 3.8) is 0 Å². The van der Waals surface area contributed by atoms with Gasteiger partial charge in [-0.05, 0) is 18.2 Å². The normalized spacial score (nSPS) is 10.9. The third-order valence-corrected chi connectivity index (χ3v) is 5.14. The summed E-state index contributed by atoms with van der Waals surface area (Å²) in [5.41, 5.74) is 4.35. The highest BCUT2D eigenvalue weighted by Gasteiger charge is 2.16. The van der Waals surface area contributed by atoms with Crippen LogP contribution < -0.4 is 14.4 Å². The molecule has 4 aromatic heterocycles. The van der Waals surface area contributed by atoms with Gasteiger partial charge >= 0.3 is 0 Å². The van der Waals surface area contributed by atoms with Crippen LogP contribution in [0.3, 0.4) is 0 Å². The third-order valence-electron chi connectivity index (χ3n) is 5.14. The molecule has 9 heteroatoms. The molecule has 0 aliphatic heterocycles. The number of H-pyrrole nitrogens is 2. The first-order valence-corrected chi connectivity index (χ1v) is 9.98.